The van der Waals surface area contributed by atoms with Crippen molar-refractivity contribution in [3.8, 4) is 0 Å². The van der Waals surface area contributed by atoms with E-state index in [2.05, 4.69) is 0 Å². The number of fused-ring (bicyclic) bond motifs is 2. The Hall–Kier alpha value is -0.900. The molecule has 96 valence electrons. The standard InChI is InChI=1S/C13H20O4/c1-11(2)8-4-6-12(11,3)10(16)13(8,17)7-5-9(14)15/h8,17H,4-7H2,1-3H3,(H,14,15)/t8-,12-,13+/m1/s1. The van der Waals surface area contributed by atoms with Gasteiger partial charge in [0.25, 0.3) is 0 Å². The minimum Gasteiger partial charge on any atom is -0.481 e. The molecule has 2 N–H and O–H groups in total. The van der Waals surface area contributed by atoms with Crippen LogP contribution in [-0.2, 0) is 9.59 Å². The highest BCUT2D eigenvalue weighted by Gasteiger charge is 2.72. The van der Waals surface area contributed by atoms with E-state index in [-0.39, 0.29) is 30.0 Å². The van der Waals surface area contributed by atoms with Crippen molar-refractivity contribution < 1.29 is 19.8 Å². The van der Waals surface area contributed by atoms with Gasteiger partial charge in [0.15, 0.2) is 5.78 Å². The molecule has 4 nitrogen and oxygen atoms in total. The fraction of sp³-hybridized carbons (Fsp3) is 0.846. The van der Waals surface area contributed by atoms with E-state index in [4.69, 9.17) is 5.11 Å². The normalized spacial score (nSPS) is 43.1. The Kier molecular flexibility index (Phi) is 2.45. The van der Waals surface area contributed by atoms with Gasteiger partial charge in [-0.05, 0) is 24.7 Å². The van der Waals surface area contributed by atoms with Crippen LogP contribution in [0.15, 0.2) is 0 Å². The van der Waals surface area contributed by atoms with Crippen LogP contribution in [-0.4, -0.2) is 27.6 Å². The zero-order valence-corrected chi connectivity index (χ0v) is 10.6. The van der Waals surface area contributed by atoms with Gasteiger partial charge in [-0.1, -0.05) is 20.8 Å². The lowest BCUT2D eigenvalue weighted by Crippen LogP contribution is -2.46. The summed E-state index contributed by atoms with van der Waals surface area (Å²) in [5.41, 5.74) is -2.16. The summed E-state index contributed by atoms with van der Waals surface area (Å²) in [6.07, 6.45) is 1.51. The second-order valence-electron chi connectivity index (χ2n) is 6.29. The highest BCUT2D eigenvalue weighted by atomic mass is 16.4. The van der Waals surface area contributed by atoms with Crippen LogP contribution in [0, 0.1) is 16.7 Å². The summed E-state index contributed by atoms with van der Waals surface area (Å²) in [5.74, 6) is -1.21. The number of ketones is 1. The summed E-state index contributed by atoms with van der Waals surface area (Å²) < 4.78 is 0. The van der Waals surface area contributed by atoms with Gasteiger partial charge >= 0.3 is 5.97 Å². The Morgan fingerprint density at radius 1 is 1.41 bits per heavy atom. The zero-order valence-electron chi connectivity index (χ0n) is 10.6. The molecule has 0 amide bonds. The first-order chi connectivity index (χ1) is 7.66. The molecule has 2 saturated carbocycles. The summed E-state index contributed by atoms with van der Waals surface area (Å²) in [5, 5.41) is 19.3. The van der Waals surface area contributed by atoms with E-state index in [0.717, 1.165) is 12.8 Å². The van der Waals surface area contributed by atoms with Crippen LogP contribution in [0.1, 0.15) is 46.5 Å². The Morgan fingerprint density at radius 2 is 2.00 bits per heavy atom. The van der Waals surface area contributed by atoms with E-state index >= 15 is 0 Å². The number of carboxylic acids is 1. The van der Waals surface area contributed by atoms with Gasteiger partial charge in [-0.2, -0.15) is 0 Å². The van der Waals surface area contributed by atoms with E-state index in [1.54, 1.807) is 0 Å². The highest BCUT2D eigenvalue weighted by molar-refractivity contribution is 5.97. The molecule has 0 aromatic heterocycles. The van der Waals surface area contributed by atoms with Crippen molar-refractivity contribution in [2.45, 2.75) is 52.1 Å². The SMILES string of the molecule is CC1(C)[C@H]2CC[C@]1(C)C(=O)[C@]2(O)CCC(=O)O. The molecule has 3 atom stereocenters. The second-order valence-corrected chi connectivity index (χ2v) is 6.29. The van der Waals surface area contributed by atoms with Crippen LogP contribution >= 0.6 is 0 Å². The summed E-state index contributed by atoms with van der Waals surface area (Å²) in [7, 11) is 0. The Balaban J connectivity index is 2.33. The van der Waals surface area contributed by atoms with Crippen LogP contribution in [0.3, 0.4) is 0 Å². The first-order valence-electron chi connectivity index (χ1n) is 6.15. The Morgan fingerprint density at radius 3 is 2.41 bits per heavy atom. The molecular weight excluding hydrogens is 220 g/mol. The number of hydrogen-bond acceptors (Lipinski definition) is 3. The van der Waals surface area contributed by atoms with Gasteiger partial charge in [-0.25, -0.2) is 0 Å². The summed E-state index contributed by atoms with van der Waals surface area (Å²) >= 11 is 0. The van der Waals surface area contributed by atoms with Crippen molar-refractivity contribution >= 4 is 11.8 Å². The van der Waals surface area contributed by atoms with E-state index in [1.807, 2.05) is 20.8 Å². The predicted molar refractivity (Wildman–Crippen MR) is 61.4 cm³/mol. The predicted octanol–water partition coefficient (Wildman–Crippen LogP) is 1.61. The Labute approximate surface area is 101 Å². The van der Waals surface area contributed by atoms with Crippen LogP contribution in [0.25, 0.3) is 0 Å². The summed E-state index contributed by atoms with van der Waals surface area (Å²) in [6, 6.07) is 0. The molecule has 2 bridgehead atoms. The minimum absolute atomic E-state index is 0.0465. The first-order valence-corrected chi connectivity index (χ1v) is 6.15. The monoisotopic (exact) mass is 240 g/mol. The maximum absolute atomic E-state index is 12.4. The quantitative estimate of drug-likeness (QED) is 0.786. The lowest BCUT2D eigenvalue weighted by Gasteiger charge is -2.32. The van der Waals surface area contributed by atoms with Crippen molar-refractivity contribution in [2.75, 3.05) is 0 Å². The molecule has 2 rings (SSSR count). The number of rotatable bonds is 3. The summed E-state index contributed by atoms with van der Waals surface area (Å²) in [6.45, 7) is 5.94. The maximum atomic E-state index is 12.4. The molecule has 2 aliphatic carbocycles. The van der Waals surface area contributed by atoms with Crippen molar-refractivity contribution in [1.82, 2.24) is 0 Å². The topological polar surface area (TPSA) is 74.6 Å². The van der Waals surface area contributed by atoms with Crippen LogP contribution in [0.5, 0.6) is 0 Å². The second kappa shape index (κ2) is 3.31. The number of carbonyl (C=O) groups is 2. The van der Waals surface area contributed by atoms with Crippen LogP contribution in [0.2, 0.25) is 0 Å². The van der Waals surface area contributed by atoms with E-state index in [0.29, 0.717) is 0 Å². The highest BCUT2D eigenvalue weighted by Crippen LogP contribution is 2.67. The molecule has 0 heterocycles. The lowest BCUT2D eigenvalue weighted by atomic mass is 9.70. The van der Waals surface area contributed by atoms with Gasteiger partial charge in [-0.3, -0.25) is 9.59 Å². The van der Waals surface area contributed by atoms with Crippen molar-refractivity contribution in [2.24, 2.45) is 16.7 Å². The van der Waals surface area contributed by atoms with Crippen LogP contribution < -0.4 is 0 Å². The largest absolute Gasteiger partial charge is 0.481 e. The Bertz CT molecular complexity index is 387. The van der Waals surface area contributed by atoms with Crippen molar-refractivity contribution in [3.05, 3.63) is 0 Å². The molecule has 17 heavy (non-hydrogen) atoms. The third kappa shape index (κ3) is 1.33. The van der Waals surface area contributed by atoms with Crippen molar-refractivity contribution in [1.29, 1.82) is 0 Å². The molecule has 2 aliphatic rings. The molecule has 0 spiro atoms. The first kappa shape index (κ1) is 12.6. The fourth-order valence-corrected chi connectivity index (χ4v) is 3.96. The van der Waals surface area contributed by atoms with E-state index < -0.39 is 17.0 Å². The average Bonchev–Trinajstić information content (AvgIpc) is 2.51. The molecule has 0 aromatic rings. The smallest absolute Gasteiger partial charge is 0.303 e. The molecule has 0 radical (unpaired) electrons. The van der Waals surface area contributed by atoms with Gasteiger partial charge in [0, 0.05) is 17.8 Å². The molecule has 0 aromatic carbocycles. The molecular formula is C13H20O4. The van der Waals surface area contributed by atoms with E-state index in [1.165, 1.54) is 0 Å². The number of hydrogen-bond donors (Lipinski definition) is 2. The molecule has 2 fully saturated rings. The minimum atomic E-state index is -1.42. The average molecular weight is 240 g/mol. The number of carbonyl (C=O) groups excluding carboxylic acids is 1. The van der Waals surface area contributed by atoms with Crippen molar-refractivity contribution in [3.63, 3.8) is 0 Å². The zero-order chi connectivity index (χ0) is 13.1. The van der Waals surface area contributed by atoms with Gasteiger partial charge in [0.05, 0.1) is 0 Å². The number of aliphatic carboxylic acids is 1. The maximum Gasteiger partial charge on any atom is 0.303 e. The molecule has 0 unspecified atom stereocenters. The third-order valence-corrected chi connectivity index (χ3v) is 5.42. The van der Waals surface area contributed by atoms with Crippen LogP contribution in [0.4, 0.5) is 0 Å². The number of Topliss-reactive ketones (excluding diaryl/α,β-unsaturated/α-hetero) is 1. The van der Waals surface area contributed by atoms with Gasteiger partial charge < -0.3 is 10.2 Å². The molecule has 4 heteroatoms. The van der Waals surface area contributed by atoms with Gasteiger partial charge in [0.1, 0.15) is 5.60 Å². The van der Waals surface area contributed by atoms with E-state index in [9.17, 15) is 14.7 Å². The van der Waals surface area contributed by atoms with Gasteiger partial charge in [-0.15, -0.1) is 0 Å². The summed E-state index contributed by atoms with van der Waals surface area (Å²) in [4.78, 5) is 23.0. The molecule has 0 saturated heterocycles. The molecule has 0 aliphatic heterocycles. The third-order valence-electron chi connectivity index (χ3n) is 5.42. The van der Waals surface area contributed by atoms with Gasteiger partial charge in [0.2, 0.25) is 0 Å². The fourth-order valence-electron chi connectivity index (χ4n) is 3.96. The lowest BCUT2D eigenvalue weighted by molar-refractivity contribution is -0.149. The number of aliphatic hydroxyl groups is 1. The number of carboxylic acid groups (broad SMARTS) is 1.